The van der Waals surface area contributed by atoms with Gasteiger partial charge in [-0.15, -0.1) is 0 Å². The minimum Gasteiger partial charge on any atom is -0.462 e. The normalized spacial score (nSPS) is 12.0. The predicted octanol–water partition coefficient (Wildman–Crippen LogP) is 20.1. The predicted molar refractivity (Wildman–Crippen MR) is 289 cm³/mol. The molecule has 6 heteroatoms. The molecular formula is C61H116O6. The summed E-state index contributed by atoms with van der Waals surface area (Å²) in [6, 6.07) is 0. The van der Waals surface area contributed by atoms with Gasteiger partial charge in [0.05, 0.1) is 0 Å². The van der Waals surface area contributed by atoms with Gasteiger partial charge >= 0.3 is 17.9 Å². The summed E-state index contributed by atoms with van der Waals surface area (Å²) in [5.74, 6) is -0.878. The lowest BCUT2D eigenvalue weighted by Gasteiger charge is -2.18. The van der Waals surface area contributed by atoms with E-state index in [0.717, 1.165) is 70.6 Å². The molecule has 1 atom stereocenters. The second kappa shape index (κ2) is 56.7. The van der Waals surface area contributed by atoms with Crippen molar-refractivity contribution in [2.24, 2.45) is 0 Å². The van der Waals surface area contributed by atoms with E-state index in [-0.39, 0.29) is 31.1 Å². The largest absolute Gasteiger partial charge is 0.462 e. The maximum atomic E-state index is 12.7. The number of rotatable bonds is 56. The maximum Gasteiger partial charge on any atom is 0.306 e. The van der Waals surface area contributed by atoms with Crippen LogP contribution in [0.1, 0.15) is 342 Å². The van der Waals surface area contributed by atoms with E-state index in [1.54, 1.807) is 0 Å². The van der Waals surface area contributed by atoms with Crippen LogP contribution in [0, 0.1) is 0 Å². The maximum absolute atomic E-state index is 12.7. The van der Waals surface area contributed by atoms with Gasteiger partial charge in [0.25, 0.3) is 0 Å². The summed E-state index contributed by atoms with van der Waals surface area (Å²) >= 11 is 0. The monoisotopic (exact) mass is 945 g/mol. The zero-order valence-electron chi connectivity index (χ0n) is 45.5. The Kier molecular flexibility index (Phi) is 55.2. The Balaban J connectivity index is 3.79. The Morgan fingerprint density at radius 2 is 0.507 bits per heavy atom. The lowest BCUT2D eigenvalue weighted by Crippen LogP contribution is -2.30. The van der Waals surface area contributed by atoms with E-state index >= 15 is 0 Å². The Morgan fingerprint density at radius 3 is 0.791 bits per heavy atom. The third-order valence-corrected chi connectivity index (χ3v) is 13.8. The van der Waals surface area contributed by atoms with Crippen LogP contribution in [0.2, 0.25) is 0 Å². The van der Waals surface area contributed by atoms with E-state index in [1.807, 2.05) is 0 Å². The highest BCUT2D eigenvalue weighted by Crippen LogP contribution is 2.18. The molecule has 0 radical (unpaired) electrons. The molecule has 396 valence electrons. The Hall–Kier alpha value is -1.85. The highest BCUT2D eigenvalue weighted by atomic mass is 16.6. The summed E-state index contributed by atoms with van der Waals surface area (Å²) in [5, 5.41) is 0. The van der Waals surface area contributed by atoms with Crippen molar-refractivity contribution in [2.45, 2.75) is 348 Å². The molecule has 0 aliphatic rings. The molecule has 0 aromatic carbocycles. The second-order valence-electron chi connectivity index (χ2n) is 20.6. The summed E-state index contributed by atoms with van der Waals surface area (Å²) in [5.41, 5.74) is 0. The van der Waals surface area contributed by atoms with Gasteiger partial charge in [-0.2, -0.15) is 0 Å². The van der Waals surface area contributed by atoms with E-state index < -0.39 is 6.10 Å². The zero-order valence-corrected chi connectivity index (χ0v) is 45.5. The van der Waals surface area contributed by atoms with Crippen LogP contribution in [0.15, 0.2) is 12.2 Å². The topological polar surface area (TPSA) is 78.9 Å². The van der Waals surface area contributed by atoms with Gasteiger partial charge in [-0.1, -0.05) is 296 Å². The quantitative estimate of drug-likeness (QED) is 0.0262. The number of hydrogen-bond donors (Lipinski definition) is 0. The molecule has 0 rings (SSSR count). The van der Waals surface area contributed by atoms with E-state index in [9.17, 15) is 14.4 Å². The van der Waals surface area contributed by atoms with Crippen molar-refractivity contribution in [3.63, 3.8) is 0 Å². The summed E-state index contributed by atoms with van der Waals surface area (Å²) in [4.78, 5) is 37.6. The van der Waals surface area contributed by atoms with E-state index in [2.05, 4.69) is 32.9 Å². The van der Waals surface area contributed by atoms with Gasteiger partial charge < -0.3 is 14.2 Å². The summed E-state index contributed by atoms with van der Waals surface area (Å²) in [6.45, 7) is 6.55. The van der Waals surface area contributed by atoms with Crippen LogP contribution in [0.5, 0.6) is 0 Å². The Morgan fingerprint density at radius 1 is 0.284 bits per heavy atom. The fourth-order valence-electron chi connectivity index (χ4n) is 9.19. The van der Waals surface area contributed by atoms with Gasteiger partial charge in [-0.25, -0.2) is 0 Å². The molecule has 0 bridgehead atoms. The molecule has 67 heavy (non-hydrogen) atoms. The van der Waals surface area contributed by atoms with Crippen molar-refractivity contribution in [3.8, 4) is 0 Å². The molecule has 0 saturated heterocycles. The zero-order chi connectivity index (χ0) is 48.6. The van der Waals surface area contributed by atoms with Crippen molar-refractivity contribution in [1.29, 1.82) is 0 Å². The lowest BCUT2D eigenvalue weighted by atomic mass is 10.0. The SMILES string of the molecule is CCCC/C=C\CCCCCCCC(=O)OC(COC(=O)CCCCCCC)COC(=O)CCCCCCCCCCCCCCCCCCCCCCCCCCCCCCCCCCC. The number of carbonyl (C=O) groups excluding carboxylic acids is 3. The number of carbonyl (C=O) groups is 3. The van der Waals surface area contributed by atoms with Gasteiger partial charge in [0.1, 0.15) is 13.2 Å². The summed E-state index contributed by atoms with van der Waals surface area (Å²) < 4.78 is 16.7. The Labute approximate surface area is 418 Å². The molecule has 0 aliphatic heterocycles. The molecule has 0 amide bonds. The van der Waals surface area contributed by atoms with Crippen molar-refractivity contribution < 1.29 is 28.6 Å². The van der Waals surface area contributed by atoms with Crippen LogP contribution < -0.4 is 0 Å². The van der Waals surface area contributed by atoms with Crippen molar-refractivity contribution in [1.82, 2.24) is 0 Å². The fraction of sp³-hybridized carbons (Fsp3) is 0.918. The molecule has 0 N–H and O–H groups in total. The third kappa shape index (κ3) is 55.0. The van der Waals surface area contributed by atoms with Gasteiger partial charge in [-0.05, 0) is 38.5 Å². The van der Waals surface area contributed by atoms with Crippen molar-refractivity contribution >= 4 is 17.9 Å². The summed E-state index contributed by atoms with van der Waals surface area (Å²) in [7, 11) is 0. The number of unbranched alkanes of at least 4 members (excludes halogenated alkanes) is 43. The van der Waals surface area contributed by atoms with E-state index in [4.69, 9.17) is 14.2 Å². The number of esters is 3. The van der Waals surface area contributed by atoms with Gasteiger partial charge in [-0.3, -0.25) is 14.4 Å². The first-order valence-corrected chi connectivity index (χ1v) is 30.2. The number of hydrogen-bond acceptors (Lipinski definition) is 6. The molecule has 0 aromatic rings. The molecule has 6 nitrogen and oxygen atoms in total. The smallest absolute Gasteiger partial charge is 0.306 e. The Bertz CT molecular complexity index is 1040. The van der Waals surface area contributed by atoms with Crippen LogP contribution >= 0.6 is 0 Å². The highest BCUT2D eigenvalue weighted by molar-refractivity contribution is 5.71. The van der Waals surface area contributed by atoms with Crippen LogP contribution in [0.25, 0.3) is 0 Å². The van der Waals surface area contributed by atoms with Crippen LogP contribution in [-0.2, 0) is 28.6 Å². The first kappa shape index (κ1) is 65.1. The number of allylic oxidation sites excluding steroid dienone is 2. The summed E-state index contributed by atoms with van der Waals surface area (Å²) in [6.07, 6.45) is 65.8. The fourth-order valence-corrected chi connectivity index (χ4v) is 9.19. The molecule has 0 aliphatic carbocycles. The third-order valence-electron chi connectivity index (χ3n) is 13.8. The first-order valence-electron chi connectivity index (χ1n) is 30.2. The molecule has 0 fully saturated rings. The minimum absolute atomic E-state index is 0.0697. The molecule has 0 spiro atoms. The average Bonchev–Trinajstić information content (AvgIpc) is 3.33. The van der Waals surface area contributed by atoms with Crippen molar-refractivity contribution in [2.75, 3.05) is 13.2 Å². The van der Waals surface area contributed by atoms with Gasteiger partial charge in [0, 0.05) is 19.3 Å². The van der Waals surface area contributed by atoms with E-state index in [1.165, 1.54) is 231 Å². The number of ether oxygens (including phenoxy) is 3. The van der Waals surface area contributed by atoms with Crippen LogP contribution in [0.4, 0.5) is 0 Å². The first-order chi connectivity index (χ1) is 33.0. The molecule has 1 unspecified atom stereocenters. The molecular weight excluding hydrogens is 829 g/mol. The van der Waals surface area contributed by atoms with Gasteiger partial charge in [0.2, 0.25) is 0 Å². The molecule has 0 aromatic heterocycles. The van der Waals surface area contributed by atoms with Gasteiger partial charge in [0.15, 0.2) is 6.10 Å². The molecule has 0 heterocycles. The molecule has 0 saturated carbocycles. The second-order valence-corrected chi connectivity index (χ2v) is 20.6. The lowest BCUT2D eigenvalue weighted by molar-refractivity contribution is -0.167. The van der Waals surface area contributed by atoms with Crippen LogP contribution in [0.3, 0.4) is 0 Å². The van der Waals surface area contributed by atoms with Crippen LogP contribution in [-0.4, -0.2) is 37.2 Å². The minimum atomic E-state index is -0.766. The standard InChI is InChI=1S/C61H116O6/c1-4-7-10-13-15-17-19-20-21-22-23-24-25-26-27-28-29-30-31-32-33-34-35-36-37-38-39-40-42-43-45-48-51-54-60(63)66-57-58(56-65-59(62)53-50-47-12-9-6-3)67-61(64)55-52-49-46-44-41-18-16-14-11-8-5-2/h14,16,58H,4-13,15,17-57H2,1-3H3/b16-14-. The average molecular weight is 946 g/mol. The van der Waals surface area contributed by atoms with E-state index in [0.29, 0.717) is 19.3 Å². The highest BCUT2D eigenvalue weighted by Gasteiger charge is 2.19. The van der Waals surface area contributed by atoms with Crippen molar-refractivity contribution in [3.05, 3.63) is 12.2 Å².